The summed E-state index contributed by atoms with van der Waals surface area (Å²) >= 11 is 0. The first-order chi connectivity index (χ1) is 9.60. The summed E-state index contributed by atoms with van der Waals surface area (Å²) in [5.41, 5.74) is 8.34. The SMILES string of the molecule is Cc1cccc(NC(=O)c2ccc(/C(N)=N/O)cc2)c1. The Bertz CT molecular complexity index is 648. The van der Waals surface area contributed by atoms with E-state index in [4.69, 9.17) is 10.9 Å². The summed E-state index contributed by atoms with van der Waals surface area (Å²) in [4.78, 5) is 12.1. The van der Waals surface area contributed by atoms with E-state index < -0.39 is 0 Å². The quantitative estimate of drug-likeness (QED) is 0.346. The molecule has 0 saturated heterocycles. The van der Waals surface area contributed by atoms with Crippen LogP contribution in [0, 0.1) is 6.92 Å². The molecule has 0 heterocycles. The number of nitrogens with zero attached hydrogens (tertiary/aromatic N) is 1. The van der Waals surface area contributed by atoms with Crippen molar-refractivity contribution in [1.29, 1.82) is 0 Å². The van der Waals surface area contributed by atoms with Gasteiger partial charge in [0.2, 0.25) is 0 Å². The Hall–Kier alpha value is -2.82. The molecule has 2 aromatic rings. The van der Waals surface area contributed by atoms with Gasteiger partial charge in [-0.1, -0.05) is 29.4 Å². The topological polar surface area (TPSA) is 87.7 Å². The number of nitrogens with two attached hydrogens (primary N) is 1. The Morgan fingerprint density at radius 3 is 2.40 bits per heavy atom. The summed E-state index contributed by atoms with van der Waals surface area (Å²) in [6.07, 6.45) is 0. The average Bonchev–Trinajstić information content (AvgIpc) is 2.46. The number of carbonyl (C=O) groups is 1. The van der Waals surface area contributed by atoms with Crippen LogP contribution in [-0.2, 0) is 0 Å². The van der Waals surface area contributed by atoms with Gasteiger partial charge in [-0.05, 0) is 36.8 Å². The van der Waals surface area contributed by atoms with Crippen molar-refractivity contribution >= 4 is 17.4 Å². The molecule has 0 unspecified atom stereocenters. The molecule has 0 fully saturated rings. The molecular weight excluding hydrogens is 254 g/mol. The zero-order valence-electron chi connectivity index (χ0n) is 11.0. The maximum absolute atomic E-state index is 12.1. The summed E-state index contributed by atoms with van der Waals surface area (Å²) in [6, 6.07) is 14.1. The Morgan fingerprint density at radius 1 is 1.15 bits per heavy atom. The van der Waals surface area contributed by atoms with Gasteiger partial charge in [-0.15, -0.1) is 0 Å². The first-order valence-corrected chi connectivity index (χ1v) is 6.06. The predicted octanol–water partition coefficient (Wildman–Crippen LogP) is 2.34. The molecule has 5 nitrogen and oxygen atoms in total. The van der Waals surface area contributed by atoms with Crippen LogP contribution in [0.25, 0.3) is 0 Å². The number of amides is 1. The average molecular weight is 269 g/mol. The number of nitrogens with one attached hydrogen (secondary N) is 1. The van der Waals surface area contributed by atoms with Crippen LogP contribution in [-0.4, -0.2) is 17.0 Å². The molecule has 2 rings (SSSR count). The van der Waals surface area contributed by atoms with Gasteiger partial charge in [0.1, 0.15) is 0 Å². The molecule has 2 aromatic carbocycles. The molecule has 5 heteroatoms. The second-order valence-corrected chi connectivity index (χ2v) is 4.39. The lowest BCUT2D eigenvalue weighted by Gasteiger charge is -2.06. The molecule has 0 radical (unpaired) electrons. The summed E-state index contributed by atoms with van der Waals surface area (Å²) in [5.74, 6) is -0.197. The first-order valence-electron chi connectivity index (χ1n) is 6.06. The van der Waals surface area contributed by atoms with Gasteiger partial charge in [-0.2, -0.15) is 0 Å². The van der Waals surface area contributed by atoms with Gasteiger partial charge in [0.15, 0.2) is 5.84 Å². The van der Waals surface area contributed by atoms with E-state index in [-0.39, 0.29) is 11.7 Å². The van der Waals surface area contributed by atoms with E-state index in [9.17, 15) is 4.79 Å². The van der Waals surface area contributed by atoms with Crippen molar-refractivity contribution in [2.24, 2.45) is 10.9 Å². The van der Waals surface area contributed by atoms with Crippen molar-refractivity contribution in [3.63, 3.8) is 0 Å². The van der Waals surface area contributed by atoms with E-state index in [0.717, 1.165) is 11.3 Å². The van der Waals surface area contributed by atoms with Crippen molar-refractivity contribution in [1.82, 2.24) is 0 Å². The summed E-state index contributed by atoms with van der Waals surface area (Å²) in [5, 5.41) is 14.3. The van der Waals surface area contributed by atoms with E-state index >= 15 is 0 Å². The lowest BCUT2D eigenvalue weighted by atomic mass is 10.1. The largest absolute Gasteiger partial charge is 0.409 e. The van der Waals surface area contributed by atoms with Crippen molar-refractivity contribution in [3.8, 4) is 0 Å². The molecule has 0 aliphatic heterocycles. The second-order valence-electron chi connectivity index (χ2n) is 4.39. The molecule has 20 heavy (non-hydrogen) atoms. The zero-order chi connectivity index (χ0) is 14.5. The highest BCUT2D eigenvalue weighted by Gasteiger charge is 2.07. The van der Waals surface area contributed by atoms with Crippen molar-refractivity contribution in [2.75, 3.05) is 5.32 Å². The lowest BCUT2D eigenvalue weighted by Crippen LogP contribution is -2.15. The Labute approximate surface area is 116 Å². The van der Waals surface area contributed by atoms with Crippen LogP contribution in [0.3, 0.4) is 0 Å². The predicted molar refractivity (Wildman–Crippen MR) is 78.1 cm³/mol. The van der Waals surface area contributed by atoms with Crippen molar-refractivity contribution in [2.45, 2.75) is 6.92 Å². The molecule has 0 aromatic heterocycles. The molecular formula is C15H15N3O2. The maximum atomic E-state index is 12.1. The second kappa shape index (κ2) is 5.88. The maximum Gasteiger partial charge on any atom is 0.255 e. The number of carbonyl (C=O) groups excluding carboxylic acids is 1. The number of rotatable bonds is 3. The van der Waals surface area contributed by atoms with E-state index in [1.165, 1.54) is 0 Å². The third kappa shape index (κ3) is 3.14. The highest BCUT2D eigenvalue weighted by molar-refractivity contribution is 6.05. The highest BCUT2D eigenvalue weighted by atomic mass is 16.4. The van der Waals surface area contributed by atoms with Crippen LogP contribution >= 0.6 is 0 Å². The van der Waals surface area contributed by atoms with Crippen molar-refractivity contribution in [3.05, 3.63) is 65.2 Å². The number of anilines is 1. The molecule has 0 atom stereocenters. The minimum absolute atomic E-state index is 0.00985. The fraction of sp³-hybridized carbons (Fsp3) is 0.0667. The fourth-order valence-corrected chi connectivity index (χ4v) is 1.78. The van der Waals surface area contributed by atoms with Crippen LogP contribution < -0.4 is 11.1 Å². The summed E-state index contributed by atoms with van der Waals surface area (Å²) in [7, 11) is 0. The fourth-order valence-electron chi connectivity index (χ4n) is 1.78. The third-order valence-corrected chi connectivity index (χ3v) is 2.83. The molecule has 0 bridgehead atoms. The van der Waals surface area contributed by atoms with Crippen LogP contribution in [0.4, 0.5) is 5.69 Å². The van der Waals surface area contributed by atoms with Crippen LogP contribution in [0.2, 0.25) is 0 Å². The Morgan fingerprint density at radius 2 is 1.80 bits per heavy atom. The molecule has 0 saturated carbocycles. The van der Waals surface area contributed by atoms with E-state index in [0.29, 0.717) is 11.1 Å². The standard InChI is InChI=1S/C15H15N3O2/c1-10-3-2-4-13(9-10)17-15(19)12-7-5-11(6-8-12)14(16)18-20/h2-9,20H,1H3,(H2,16,18)(H,17,19). The summed E-state index contributed by atoms with van der Waals surface area (Å²) < 4.78 is 0. The monoisotopic (exact) mass is 269 g/mol. The van der Waals surface area contributed by atoms with Gasteiger partial charge in [0.05, 0.1) is 0 Å². The molecule has 0 aliphatic rings. The number of amidine groups is 1. The lowest BCUT2D eigenvalue weighted by molar-refractivity contribution is 0.102. The van der Waals surface area contributed by atoms with Gasteiger partial charge >= 0.3 is 0 Å². The van der Waals surface area contributed by atoms with Gasteiger partial charge in [-0.25, -0.2) is 0 Å². The van der Waals surface area contributed by atoms with Crippen LogP contribution in [0.5, 0.6) is 0 Å². The number of oxime groups is 1. The smallest absolute Gasteiger partial charge is 0.255 e. The van der Waals surface area contributed by atoms with Crippen LogP contribution in [0.15, 0.2) is 53.7 Å². The van der Waals surface area contributed by atoms with E-state index in [2.05, 4.69) is 10.5 Å². The van der Waals surface area contributed by atoms with Crippen LogP contribution in [0.1, 0.15) is 21.5 Å². The van der Waals surface area contributed by atoms with Gasteiger partial charge < -0.3 is 16.3 Å². The number of hydrogen-bond donors (Lipinski definition) is 3. The molecule has 4 N–H and O–H groups in total. The van der Waals surface area contributed by atoms with E-state index in [1.807, 2.05) is 31.2 Å². The van der Waals surface area contributed by atoms with Gasteiger partial charge in [0.25, 0.3) is 5.91 Å². The molecule has 1 amide bonds. The molecule has 0 aliphatic carbocycles. The zero-order valence-corrected chi connectivity index (χ0v) is 11.0. The minimum atomic E-state index is -0.207. The first kappa shape index (κ1) is 13.6. The normalized spacial score (nSPS) is 11.2. The minimum Gasteiger partial charge on any atom is -0.409 e. The van der Waals surface area contributed by atoms with Gasteiger partial charge in [-0.3, -0.25) is 4.79 Å². The Kier molecular flexibility index (Phi) is 4.00. The van der Waals surface area contributed by atoms with Crippen molar-refractivity contribution < 1.29 is 10.0 Å². The van der Waals surface area contributed by atoms with Gasteiger partial charge in [0, 0.05) is 16.8 Å². The van der Waals surface area contributed by atoms with E-state index in [1.54, 1.807) is 24.3 Å². The third-order valence-electron chi connectivity index (χ3n) is 2.83. The highest BCUT2D eigenvalue weighted by Crippen LogP contribution is 2.12. The Balaban J connectivity index is 2.14. The number of hydrogen-bond acceptors (Lipinski definition) is 3. The number of benzene rings is 2. The molecule has 0 spiro atoms. The molecule has 102 valence electrons. The number of aryl methyl sites for hydroxylation is 1. The summed E-state index contributed by atoms with van der Waals surface area (Å²) in [6.45, 7) is 1.96.